The molecule has 0 saturated heterocycles. The van der Waals surface area contributed by atoms with E-state index in [9.17, 15) is 0 Å². The van der Waals surface area contributed by atoms with Crippen LogP contribution in [-0.4, -0.2) is 0 Å². The summed E-state index contributed by atoms with van der Waals surface area (Å²) in [5, 5.41) is 0. The molecule has 0 nitrogen and oxygen atoms in total. The molecule has 0 atom stereocenters. The molecule has 0 fully saturated rings. The highest BCUT2D eigenvalue weighted by Crippen LogP contribution is 2.03. The summed E-state index contributed by atoms with van der Waals surface area (Å²) >= 11 is 0. The zero-order valence-corrected chi connectivity index (χ0v) is 11.1. The average molecular weight is 227 g/mol. The smallest absolute Gasteiger partial charge is 0.0702 e. The summed E-state index contributed by atoms with van der Waals surface area (Å²) < 4.78 is 0. The van der Waals surface area contributed by atoms with E-state index in [1.807, 2.05) is 6.92 Å². The molecule has 0 heterocycles. The molecule has 91 valence electrons. The second-order valence-corrected chi connectivity index (χ2v) is 3.79. The predicted molar refractivity (Wildman–Crippen MR) is 75.9 cm³/mol. The maximum atomic E-state index is 3.83. The van der Waals surface area contributed by atoms with Gasteiger partial charge in [0.25, 0.3) is 0 Å². The predicted octanol–water partition coefficient (Wildman–Crippen LogP) is 4.36. The van der Waals surface area contributed by atoms with Crippen molar-refractivity contribution in [2.75, 3.05) is 0 Å². The third kappa shape index (κ3) is 14.7. The highest BCUT2D eigenvalue weighted by atomic mass is 13.9. The van der Waals surface area contributed by atoms with E-state index in [-0.39, 0.29) is 0 Å². The van der Waals surface area contributed by atoms with Gasteiger partial charge in [-0.1, -0.05) is 63.2 Å². The van der Waals surface area contributed by atoms with Crippen molar-refractivity contribution >= 4 is 0 Å². The molecule has 0 heteroatoms. The van der Waals surface area contributed by atoms with E-state index in [1.165, 1.54) is 25.7 Å². The van der Waals surface area contributed by atoms with Gasteiger partial charge in [0, 0.05) is 12.8 Å². The summed E-state index contributed by atoms with van der Waals surface area (Å²) in [6.07, 6.45) is 9.38. The van der Waals surface area contributed by atoms with Crippen LogP contribution in [0.15, 0.2) is 0 Å². The summed E-state index contributed by atoms with van der Waals surface area (Å²) in [6, 6.07) is 0. The minimum atomic E-state index is 0.681. The van der Waals surface area contributed by atoms with Gasteiger partial charge in [-0.05, 0) is 6.42 Å². The molecule has 0 aromatic rings. The van der Waals surface area contributed by atoms with Crippen molar-refractivity contribution in [2.45, 2.75) is 64.7 Å². The lowest BCUT2D eigenvalue weighted by atomic mass is 10.1. The third-order valence-corrected chi connectivity index (χ3v) is 2.21. The van der Waals surface area contributed by atoms with Gasteiger partial charge in [0.1, 0.15) is 0 Å². The summed E-state index contributed by atoms with van der Waals surface area (Å²) in [4.78, 5) is 0. The molecule has 1 radical (unpaired) electrons. The van der Waals surface area contributed by atoms with Crippen LogP contribution in [-0.2, 0) is 0 Å². The van der Waals surface area contributed by atoms with Crippen LogP contribution in [0.2, 0.25) is 0 Å². The van der Waals surface area contributed by atoms with Gasteiger partial charge in [-0.15, -0.1) is 11.8 Å². The largest absolute Gasteiger partial charge is 0.103 e. The van der Waals surface area contributed by atoms with Crippen LogP contribution in [0.3, 0.4) is 0 Å². The normalized spacial score (nSPS) is 8.12. The lowest BCUT2D eigenvalue weighted by Gasteiger charge is -1.94. The highest BCUT2D eigenvalue weighted by Gasteiger charge is 1.85. The molecule has 0 spiro atoms. The number of unbranched alkanes of at least 4 members (excludes halogenated alkanes) is 5. The fraction of sp³-hybridized carbons (Fsp3) is 0.588. The molecule has 0 aliphatic heterocycles. The van der Waals surface area contributed by atoms with Gasteiger partial charge in [0.2, 0.25) is 0 Å². The first kappa shape index (κ1) is 15.7. The monoisotopic (exact) mass is 227 g/mol. The van der Waals surface area contributed by atoms with Crippen LogP contribution in [0.5, 0.6) is 0 Å². The van der Waals surface area contributed by atoms with Gasteiger partial charge in [0.15, 0.2) is 0 Å². The first-order chi connectivity index (χ1) is 8.41. The lowest BCUT2D eigenvalue weighted by molar-refractivity contribution is 0.655. The zero-order chi connectivity index (χ0) is 12.6. The van der Waals surface area contributed by atoms with E-state index in [0.717, 1.165) is 19.3 Å². The molecule has 0 bridgehead atoms. The Morgan fingerprint density at radius 2 is 1.29 bits per heavy atom. The van der Waals surface area contributed by atoms with Crippen LogP contribution in [0.4, 0.5) is 0 Å². The van der Waals surface area contributed by atoms with E-state index in [1.54, 1.807) is 0 Å². The van der Waals surface area contributed by atoms with Gasteiger partial charge in [-0.2, -0.15) is 0 Å². The Morgan fingerprint density at radius 3 is 1.94 bits per heavy atom. The molecule has 0 aliphatic rings. The molecule has 0 unspecified atom stereocenters. The van der Waals surface area contributed by atoms with E-state index >= 15 is 0 Å². The Bertz CT molecular complexity index is 329. The average Bonchev–Trinajstić information content (AvgIpc) is 2.35. The van der Waals surface area contributed by atoms with E-state index < -0.39 is 0 Å². The first-order valence-corrected chi connectivity index (χ1v) is 6.58. The minimum Gasteiger partial charge on any atom is -0.103 e. The quantitative estimate of drug-likeness (QED) is 0.483. The Balaban J connectivity index is 3.36. The molecule has 0 N–H and O–H groups in total. The number of hydrogen-bond acceptors (Lipinski definition) is 0. The Labute approximate surface area is 108 Å². The fourth-order valence-electron chi connectivity index (χ4n) is 1.30. The van der Waals surface area contributed by atoms with Crippen LogP contribution in [0.25, 0.3) is 0 Å². The van der Waals surface area contributed by atoms with Gasteiger partial charge < -0.3 is 0 Å². The van der Waals surface area contributed by atoms with Crippen LogP contribution >= 0.6 is 0 Å². The number of hydrogen-bond donors (Lipinski definition) is 0. The maximum Gasteiger partial charge on any atom is 0.0702 e. The summed E-state index contributed by atoms with van der Waals surface area (Å²) in [7, 11) is 0. The highest BCUT2D eigenvalue weighted by molar-refractivity contribution is 5.15. The molecular formula is C17H23. The van der Waals surface area contributed by atoms with Crippen molar-refractivity contribution in [1.82, 2.24) is 0 Å². The lowest BCUT2D eigenvalue weighted by Crippen LogP contribution is -1.76. The van der Waals surface area contributed by atoms with E-state index in [4.69, 9.17) is 0 Å². The minimum absolute atomic E-state index is 0.681. The number of rotatable bonds is 5. The third-order valence-electron chi connectivity index (χ3n) is 2.21. The maximum absolute atomic E-state index is 3.83. The van der Waals surface area contributed by atoms with Crippen molar-refractivity contribution in [1.29, 1.82) is 0 Å². The van der Waals surface area contributed by atoms with Crippen molar-refractivity contribution in [2.24, 2.45) is 0 Å². The Hall–Kier alpha value is -1.32. The zero-order valence-electron chi connectivity index (χ0n) is 11.1. The summed E-state index contributed by atoms with van der Waals surface area (Å²) in [5.74, 6) is 18.3. The topological polar surface area (TPSA) is 0 Å². The van der Waals surface area contributed by atoms with Gasteiger partial charge in [0.05, 0.1) is 12.8 Å². The van der Waals surface area contributed by atoms with Gasteiger partial charge in [-0.3, -0.25) is 0 Å². The van der Waals surface area contributed by atoms with Crippen molar-refractivity contribution < 1.29 is 0 Å². The van der Waals surface area contributed by atoms with Crippen molar-refractivity contribution in [3.63, 3.8) is 0 Å². The molecule has 0 aromatic carbocycles. The summed E-state index contributed by atoms with van der Waals surface area (Å²) in [6.45, 7) is 5.87. The summed E-state index contributed by atoms with van der Waals surface area (Å²) in [5.41, 5.74) is 0. The fourth-order valence-corrected chi connectivity index (χ4v) is 1.30. The van der Waals surface area contributed by atoms with Gasteiger partial charge >= 0.3 is 0 Å². The van der Waals surface area contributed by atoms with Gasteiger partial charge in [-0.25, -0.2) is 0 Å². The molecule has 0 aromatic heterocycles. The molecule has 0 aliphatic carbocycles. The SMILES string of the molecule is [CH2]CCCCCCC#CCC#CCC#CCC. The van der Waals surface area contributed by atoms with Crippen molar-refractivity contribution in [3.8, 4) is 35.5 Å². The van der Waals surface area contributed by atoms with Crippen LogP contribution in [0, 0.1) is 42.4 Å². The second kappa shape index (κ2) is 14.7. The van der Waals surface area contributed by atoms with E-state index in [0.29, 0.717) is 12.8 Å². The standard InChI is InChI=1S/C17H23/c1-3-5-7-9-11-13-15-17-16-14-12-10-8-6-4-2/h1,3-5,7,9-11,13,16H2,2H3. The molecular weight excluding hydrogens is 204 g/mol. The van der Waals surface area contributed by atoms with Crippen LogP contribution < -0.4 is 0 Å². The van der Waals surface area contributed by atoms with Crippen molar-refractivity contribution in [3.05, 3.63) is 6.92 Å². The first-order valence-electron chi connectivity index (χ1n) is 6.58. The molecule has 0 saturated carbocycles. The Kier molecular flexibility index (Phi) is 13.5. The molecule has 17 heavy (non-hydrogen) atoms. The van der Waals surface area contributed by atoms with E-state index in [2.05, 4.69) is 42.4 Å². The molecule has 0 amide bonds. The molecule has 0 rings (SSSR count). The van der Waals surface area contributed by atoms with Crippen LogP contribution in [0.1, 0.15) is 64.7 Å². The Morgan fingerprint density at radius 1 is 0.706 bits per heavy atom. The second-order valence-electron chi connectivity index (χ2n) is 3.79.